The van der Waals surface area contributed by atoms with Gasteiger partial charge in [-0.05, 0) is 6.92 Å². The molecular formula is C6H10O5. The molecule has 0 radical (unpaired) electrons. The highest BCUT2D eigenvalue weighted by atomic mass is 16.9. The van der Waals surface area contributed by atoms with E-state index in [-0.39, 0.29) is 0 Å². The van der Waals surface area contributed by atoms with Gasteiger partial charge in [0, 0.05) is 0 Å². The SMILES string of the molecule is C[C@@H]1O[C@@H]2O[C@]2(O)[C@H](O)[C@@H]1O. The third-order valence-electron chi connectivity index (χ3n) is 2.14. The van der Waals surface area contributed by atoms with Crippen LogP contribution in [-0.4, -0.2) is 45.7 Å². The third kappa shape index (κ3) is 0.830. The zero-order valence-electron chi connectivity index (χ0n) is 5.97. The van der Waals surface area contributed by atoms with Crippen molar-refractivity contribution in [2.45, 2.75) is 37.3 Å². The normalized spacial score (nSPS) is 62.2. The molecule has 3 N–H and O–H groups in total. The molecule has 2 aliphatic rings. The summed E-state index contributed by atoms with van der Waals surface area (Å²) in [6.07, 6.45) is -3.62. The zero-order valence-corrected chi connectivity index (χ0v) is 5.97. The first-order valence-electron chi connectivity index (χ1n) is 3.47. The Bertz CT molecular complexity index is 184. The molecule has 5 heteroatoms. The summed E-state index contributed by atoms with van der Waals surface area (Å²) in [5, 5.41) is 27.7. The average molecular weight is 162 g/mol. The lowest BCUT2D eigenvalue weighted by Gasteiger charge is -2.29. The summed E-state index contributed by atoms with van der Waals surface area (Å²) in [5.74, 6) is -1.66. The largest absolute Gasteiger partial charge is 0.387 e. The van der Waals surface area contributed by atoms with Crippen LogP contribution in [0.2, 0.25) is 0 Å². The monoisotopic (exact) mass is 162 g/mol. The van der Waals surface area contributed by atoms with Crippen LogP contribution in [0, 0.1) is 0 Å². The summed E-state index contributed by atoms with van der Waals surface area (Å²) < 4.78 is 9.61. The fraction of sp³-hybridized carbons (Fsp3) is 1.00. The summed E-state index contributed by atoms with van der Waals surface area (Å²) >= 11 is 0. The molecule has 0 aromatic heterocycles. The average Bonchev–Trinajstić information content (AvgIpc) is 2.59. The number of fused-ring (bicyclic) bond motifs is 1. The van der Waals surface area contributed by atoms with E-state index in [9.17, 15) is 15.3 Å². The second-order valence-electron chi connectivity index (χ2n) is 2.98. The van der Waals surface area contributed by atoms with Crippen LogP contribution in [0.3, 0.4) is 0 Å². The van der Waals surface area contributed by atoms with E-state index in [4.69, 9.17) is 4.74 Å². The van der Waals surface area contributed by atoms with Crippen LogP contribution in [0.1, 0.15) is 6.92 Å². The standard InChI is InChI=1S/C6H10O5/c1-2-3(7)4(8)6(9)5(10-2)11-6/h2-5,7-9H,1H3/t2-,3+,4+,5+,6+/m0/s1. The van der Waals surface area contributed by atoms with Gasteiger partial charge in [-0.2, -0.15) is 0 Å². The number of hydrogen-bond donors (Lipinski definition) is 3. The lowest BCUT2D eigenvalue weighted by Crippen LogP contribution is -2.52. The van der Waals surface area contributed by atoms with Gasteiger partial charge >= 0.3 is 0 Å². The van der Waals surface area contributed by atoms with Crippen molar-refractivity contribution in [2.24, 2.45) is 0 Å². The first-order chi connectivity index (χ1) is 5.05. The quantitative estimate of drug-likeness (QED) is 0.365. The minimum absolute atomic E-state index is 0.502. The van der Waals surface area contributed by atoms with Crippen LogP contribution in [0.5, 0.6) is 0 Å². The van der Waals surface area contributed by atoms with Crippen LogP contribution in [-0.2, 0) is 9.47 Å². The highest BCUT2D eigenvalue weighted by Gasteiger charge is 2.68. The molecule has 2 fully saturated rings. The lowest BCUT2D eigenvalue weighted by atomic mass is 10.0. The van der Waals surface area contributed by atoms with Crippen LogP contribution in [0.15, 0.2) is 0 Å². The van der Waals surface area contributed by atoms with E-state index in [0.29, 0.717) is 0 Å². The second-order valence-corrected chi connectivity index (χ2v) is 2.98. The molecule has 64 valence electrons. The highest BCUT2D eigenvalue weighted by Crippen LogP contribution is 2.44. The number of aliphatic hydroxyl groups excluding tert-OH is 2. The third-order valence-corrected chi connectivity index (χ3v) is 2.14. The van der Waals surface area contributed by atoms with Crippen LogP contribution in [0.25, 0.3) is 0 Å². The Kier molecular flexibility index (Phi) is 1.31. The Morgan fingerprint density at radius 2 is 2.00 bits per heavy atom. The van der Waals surface area contributed by atoms with Gasteiger partial charge in [0.15, 0.2) is 0 Å². The fourth-order valence-corrected chi connectivity index (χ4v) is 1.25. The van der Waals surface area contributed by atoms with Gasteiger partial charge in [0.25, 0.3) is 0 Å². The van der Waals surface area contributed by atoms with Crippen molar-refractivity contribution in [3.8, 4) is 0 Å². The van der Waals surface area contributed by atoms with Gasteiger partial charge in [0.05, 0.1) is 6.10 Å². The summed E-state index contributed by atoms with van der Waals surface area (Å²) in [6.45, 7) is 1.61. The van der Waals surface area contributed by atoms with E-state index in [2.05, 4.69) is 4.74 Å². The van der Waals surface area contributed by atoms with Gasteiger partial charge in [-0.25, -0.2) is 0 Å². The molecule has 0 aliphatic carbocycles. The van der Waals surface area contributed by atoms with Crippen LogP contribution in [0.4, 0.5) is 0 Å². The lowest BCUT2D eigenvalue weighted by molar-refractivity contribution is -0.187. The molecule has 0 aromatic rings. The van der Waals surface area contributed by atoms with Crippen molar-refractivity contribution in [2.75, 3.05) is 0 Å². The first kappa shape index (κ1) is 7.45. The second kappa shape index (κ2) is 1.94. The fourth-order valence-electron chi connectivity index (χ4n) is 1.25. The summed E-state index contributed by atoms with van der Waals surface area (Å²) in [5.41, 5.74) is 0. The number of epoxide rings is 1. The number of rotatable bonds is 0. The van der Waals surface area contributed by atoms with Crippen molar-refractivity contribution in [3.05, 3.63) is 0 Å². The molecular weight excluding hydrogens is 152 g/mol. The van der Waals surface area contributed by atoms with Gasteiger partial charge in [-0.1, -0.05) is 0 Å². The smallest absolute Gasteiger partial charge is 0.250 e. The van der Waals surface area contributed by atoms with E-state index >= 15 is 0 Å². The molecule has 5 nitrogen and oxygen atoms in total. The summed E-state index contributed by atoms with van der Waals surface area (Å²) in [4.78, 5) is 0. The maximum atomic E-state index is 9.25. The Balaban J connectivity index is 2.16. The van der Waals surface area contributed by atoms with Crippen LogP contribution >= 0.6 is 0 Å². The van der Waals surface area contributed by atoms with Crippen molar-refractivity contribution in [3.63, 3.8) is 0 Å². The van der Waals surface area contributed by atoms with E-state index in [1.54, 1.807) is 6.92 Å². The molecule has 2 saturated heterocycles. The van der Waals surface area contributed by atoms with Crippen LogP contribution < -0.4 is 0 Å². The Morgan fingerprint density at radius 1 is 1.36 bits per heavy atom. The Hall–Kier alpha value is -0.200. The van der Waals surface area contributed by atoms with Gasteiger partial charge in [-0.3, -0.25) is 0 Å². The van der Waals surface area contributed by atoms with Crippen molar-refractivity contribution in [1.82, 2.24) is 0 Å². The molecule has 0 aromatic carbocycles. The maximum absolute atomic E-state index is 9.25. The summed E-state index contributed by atoms with van der Waals surface area (Å²) in [6, 6.07) is 0. The highest BCUT2D eigenvalue weighted by molar-refractivity contribution is 5.02. The Morgan fingerprint density at radius 3 is 2.64 bits per heavy atom. The number of hydrogen-bond acceptors (Lipinski definition) is 5. The summed E-state index contributed by atoms with van der Waals surface area (Å²) in [7, 11) is 0. The van der Waals surface area contributed by atoms with Gasteiger partial charge in [0.2, 0.25) is 12.1 Å². The van der Waals surface area contributed by atoms with Gasteiger partial charge < -0.3 is 24.8 Å². The molecule has 0 saturated carbocycles. The molecule has 11 heavy (non-hydrogen) atoms. The van der Waals surface area contributed by atoms with Gasteiger partial charge in [-0.15, -0.1) is 0 Å². The van der Waals surface area contributed by atoms with E-state index in [0.717, 1.165) is 0 Å². The number of ether oxygens (including phenoxy) is 2. The number of aliphatic hydroxyl groups is 3. The molecule has 2 aliphatic heterocycles. The van der Waals surface area contributed by atoms with Crippen molar-refractivity contribution < 1.29 is 24.8 Å². The molecule has 2 rings (SSSR count). The minimum atomic E-state index is -1.66. The molecule has 0 spiro atoms. The van der Waals surface area contributed by atoms with Crippen molar-refractivity contribution in [1.29, 1.82) is 0 Å². The molecule has 0 amide bonds. The predicted molar refractivity (Wildman–Crippen MR) is 32.4 cm³/mol. The molecule has 5 atom stereocenters. The minimum Gasteiger partial charge on any atom is -0.387 e. The maximum Gasteiger partial charge on any atom is 0.250 e. The van der Waals surface area contributed by atoms with E-state index in [1.165, 1.54) is 0 Å². The van der Waals surface area contributed by atoms with Gasteiger partial charge in [0.1, 0.15) is 12.2 Å². The molecule has 0 unspecified atom stereocenters. The first-order valence-corrected chi connectivity index (χ1v) is 3.47. The molecule has 2 heterocycles. The van der Waals surface area contributed by atoms with E-state index in [1.807, 2.05) is 0 Å². The van der Waals surface area contributed by atoms with E-state index < -0.39 is 30.4 Å². The molecule has 0 bridgehead atoms. The Labute approximate surface area is 63.2 Å². The topological polar surface area (TPSA) is 82.5 Å². The van der Waals surface area contributed by atoms with Crippen molar-refractivity contribution >= 4 is 0 Å². The predicted octanol–water partition coefficient (Wildman–Crippen LogP) is -1.83. The zero-order chi connectivity index (χ0) is 8.22.